The second kappa shape index (κ2) is 9.02. The lowest BCUT2D eigenvalue weighted by atomic mass is 10.1. The first-order valence-electron chi connectivity index (χ1n) is 8.21. The molecule has 0 aromatic heterocycles. The largest absolute Gasteiger partial charge is 0.416 e. The van der Waals surface area contributed by atoms with Crippen LogP contribution in [0.15, 0.2) is 53.5 Å². The van der Waals surface area contributed by atoms with Crippen molar-refractivity contribution in [1.29, 1.82) is 0 Å². The van der Waals surface area contributed by atoms with Gasteiger partial charge in [0.2, 0.25) is 0 Å². The number of nitrogens with zero attached hydrogens (tertiary/aromatic N) is 2. The quantitative estimate of drug-likeness (QED) is 0.345. The fourth-order valence-corrected chi connectivity index (χ4v) is 2.28. The highest BCUT2D eigenvalue weighted by atomic mass is 19.4. The third-order valence-electron chi connectivity index (χ3n) is 3.63. The van der Waals surface area contributed by atoms with Crippen LogP contribution in [0.5, 0.6) is 0 Å². The third kappa shape index (κ3) is 6.28. The number of non-ortho nitro benzene ring substituents is 1. The Morgan fingerprint density at radius 2 is 1.81 bits per heavy atom. The summed E-state index contributed by atoms with van der Waals surface area (Å²) in [5, 5.41) is 16.9. The summed E-state index contributed by atoms with van der Waals surface area (Å²) in [4.78, 5) is 14.7. The number of hydrogen-bond acceptors (Lipinski definition) is 3. The lowest BCUT2D eigenvalue weighted by molar-refractivity contribution is -0.384. The number of hydrogen-bond donors (Lipinski definition) is 2. The molecule has 0 aliphatic carbocycles. The molecule has 0 saturated heterocycles. The Labute approximate surface area is 154 Å². The molecule has 0 saturated carbocycles. The molecule has 2 aromatic rings. The molecule has 9 heteroatoms. The van der Waals surface area contributed by atoms with Gasteiger partial charge in [0.05, 0.1) is 17.0 Å². The Balaban J connectivity index is 2.01. The molecular weight excluding hydrogens is 361 g/mol. The van der Waals surface area contributed by atoms with Crippen LogP contribution in [-0.2, 0) is 19.3 Å². The molecule has 0 radical (unpaired) electrons. The first-order valence-corrected chi connectivity index (χ1v) is 8.21. The number of nitro benzene ring substituents is 1. The molecule has 0 unspecified atom stereocenters. The highest BCUT2D eigenvalue weighted by Crippen LogP contribution is 2.29. The average Bonchev–Trinajstić information content (AvgIpc) is 2.64. The summed E-state index contributed by atoms with van der Waals surface area (Å²) in [5.41, 5.74) is 0.641. The topological polar surface area (TPSA) is 79.6 Å². The van der Waals surface area contributed by atoms with Gasteiger partial charge < -0.3 is 10.6 Å². The predicted molar refractivity (Wildman–Crippen MR) is 96.2 cm³/mol. The van der Waals surface area contributed by atoms with Gasteiger partial charge in [-0.15, -0.1) is 0 Å². The summed E-state index contributed by atoms with van der Waals surface area (Å²) in [7, 11) is 0. The van der Waals surface area contributed by atoms with E-state index in [0.29, 0.717) is 30.2 Å². The van der Waals surface area contributed by atoms with Crippen molar-refractivity contribution in [2.24, 2.45) is 4.99 Å². The molecule has 0 amide bonds. The van der Waals surface area contributed by atoms with E-state index in [1.54, 1.807) is 12.1 Å². The van der Waals surface area contributed by atoms with Crippen LogP contribution in [0, 0.1) is 10.1 Å². The Morgan fingerprint density at radius 3 is 2.41 bits per heavy atom. The van der Waals surface area contributed by atoms with Crippen molar-refractivity contribution in [1.82, 2.24) is 10.6 Å². The Bertz CT molecular complexity index is 805. The number of halogens is 3. The van der Waals surface area contributed by atoms with Gasteiger partial charge in [0.15, 0.2) is 5.96 Å². The number of aliphatic imine (C=N–C) groups is 1. The van der Waals surface area contributed by atoms with Crippen LogP contribution in [0.25, 0.3) is 0 Å². The zero-order chi connectivity index (χ0) is 19.9. The van der Waals surface area contributed by atoms with Crippen molar-refractivity contribution in [3.63, 3.8) is 0 Å². The molecule has 2 rings (SSSR count). The van der Waals surface area contributed by atoms with E-state index in [0.717, 1.165) is 12.1 Å². The number of benzene rings is 2. The first kappa shape index (κ1) is 20.2. The van der Waals surface area contributed by atoms with Crippen molar-refractivity contribution in [2.75, 3.05) is 6.54 Å². The van der Waals surface area contributed by atoms with Crippen LogP contribution < -0.4 is 10.6 Å². The van der Waals surface area contributed by atoms with Gasteiger partial charge in [-0.05, 0) is 30.2 Å². The maximum absolute atomic E-state index is 12.6. The van der Waals surface area contributed by atoms with E-state index in [2.05, 4.69) is 15.6 Å². The Kier molecular flexibility index (Phi) is 6.75. The minimum Gasteiger partial charge on any atom is -0.357 e. The summed E-state index contributed by atoms with van der Waals surface area (Å²) in [6.45, 7) is 2.99. The zero-order valence-electron chi connectivity index (χ0n) is 14.6. The molecule has 0 atom stereocenters. The minimum absolute atomic E-state index is 0.00888. The van der Waals surface area contributed by atoms with Gasteiger partial charge in [-0.3, -0.25) is 10.1 Å². The molecular formula is C18H19F3N4O2. The highest BCUT2D eigenvalue weighted by Gasteiger charge is 2.29. The fraction of sp³-hybridized carbons (Fsp3) is 0.278. The molecule has 0 spiro atoms. The van der Waals surface area contributed by atoms with Crippen LogP contribution in [0.1, 0.15) is 23.6 Å². The maximum Gasteiger partial charge on any atom is 0.416 e. The normalized spacial score (nSPS) is 11.9. The van der Waals surface area contributed by atoms with E-state index in [4.69, 9.17) is 0 Å². The van der Waals surface area contributed by atoms with Crippen LogP contribution in [-0.4, -0.2) is 17.4 Å². The van der Waals surface area contributed by atoms with Gasteiger partial charge in [-0.1, -0.05) is 24.3 Å². The summed E-state index contributed by atoms with van der Waals surface area (Å²) in [6.07, 6.45) is -4.36. The average molecular weight is 380 g/mol. The summed E-state index contributed by atoms with van der Waals surface area (Å²) < 4.78 is 37.8. The molecule has 2 N–H and O–H groups in total. The smallest absolute Gasteiger partial charge is 0.357 e. The van der Waals surface area contributed by atoms with Crippen LogP contribution in [0.3, 0.4) is 0 Å². The molecule has 0 fully saturated rings. The van der Waals surface area contributed by atoms with Gasteiger partial charge >= 0.3 is 6.18 Å². The minimum atomic E-state index is -4.36. The lowest BCUT2D eigenvalue weighted by Crippen LogP contribution is -2.36. The van der Waals surface area contributed by atoms with Gasteiger partial charge in [-0.25, -0.2) is 4.99 Å². The van der Waals surface area contributed by atoms with Crippen molar-refractivity contribution < 1.29 is 18.1 Å². The van der Waals surface area contributed by atoms with Crippen molar-refractivity contribution in [3.8, 4) is 0 Å². The Morgan fingerprint density at radius 1 is 1.11 bits per heavy atom. The van der Waals surface area contributed by atoms with Crippen molar-refractivity contribution in [2.45, 2.75) is 26.2 Å². The number of nitrogens with one attached hydrogen (secondary N) is 2. The second-order valence-corrected chi connectivity index (χ2v) is 5.67. The van der Waals surface area contributed by atoms with Crippen molar-refractivity contribution >= 4 is 11.6 Å². The molecule has 2 aromatic carbocycles. The number of rotatable bonds is 6. The molecule has 27 heavy (non-hydrogen) atoms. The molecule has 0 bridgehead atoms. The maximum atomic E-state index is 12.6. The molecule has 0 aliphatic rings. The van der Waals surface area contributed by atoms with Gasteiger partial charge in [0.1, 0.15) is 0 Å². The van der Waals surface area contributed by atoms with Crippen LogP contribution >= 0.6 is 0 Å². The number of nitro groups is 1. The monoisotopic (exact) mass is 380 g/mol. The van der Waals surface area contributed by atoms with Crippen LogP contribution in [0.4, 0.5) is 18.9 Å². The van der Waals surface area contributed by atoms with Gasteiger partial charge in [0.25, 0.3) is 5.69 Å². The lowest BCUT2D eigenvalue weighted by Gasteiger charge is -2.12. The summed E-state index contributed by atoms with van der Waals surface area (Å²) in [6, 6.07) is 11.0. The summed E-state index contributed by atoms with van der Waals surface area (Å²) >= 11 is 0. The third-order valence-corrected chi connectivity index (χ3v) is 3.63. The van der Waals surface area contributed by atoms with E-state index in [9.17, 15) is 23.3 Å². The first-order chi connectivity index (χ1) is 12.8. The van der Waals surface area contributed by atoms with E-state index in [-0.39, 0.29) is 12.2 Å². The van der Waals surface area contributed by atoms with Gasteiger partial charge in [-0.2, -0.15) is 13.2 Å². The fourth-order valence-electron chi connectivity index (χ4n) is 2.28. The van der Waals surface area contributed by atoms with E-state index in [1.165, 1.54) is 24.3 Å². The van der Waals surface area contributed by atoms with Crippen LogP contribution in [0.2, 0.25) is 0 Å². The van der Waals surface area contributed by atoms with E-state index >= 15 is 0 Å². The second-order valence-electron chi connectivity index (χ2n) is 5.67. The summed E-state index contributed by atoms with van der Waals surface area (Å²) in [5.74, 6) is 0.462. The standard InChI is InChI=1S/C18H19F3N4O2/c1-2-22-17(24-12-14-4-3-5-16(10-14)25(26)27)23-11-13-6-8-15(9-7-13)18(19,20)21/h3-10H,2,11-12H2,1H3,(H2,22,23,24). The number of guanidine groups is 1. The zero-order valence-corrected chi connectivity index (χ0v) is 14.6. The predicted octanol–water partition coefficient (Wildman–Crippen LogP) is 3.87. The number of alkyl halides is 3. The SMILES string of the molecule is CCNC(=NCc1cccc([N+](=O)[O-])c1)NCc1ccc(C(F)(F)F)cc1. The molecule has 144 valence electrons. The Hall–Kier alpha value is -3.10. The molecule has 0 heterocycles. The van der Waals surface area contributed by atoms with E-state index < -0.39 is 16.7 Å². The van der Waals surface area contributed by atoms with Crippen molar-refractivity contribution in [3.05, 3.63) is 75.3 Å². The molecule has 0 aliphatic heterocycles. The van der Waals surface area contributed by atoms with E-state index in [1.807, 2.05) is 6.92 Å². The highest BCUT2D eigenvalue weighted by molar-refractivity contribution is 5.79. The molecule has 6 nitrogen and oxygen atoms in total. The van der Waals surface area contributed by atoms with Gasteiger partial charge in [0, 0.05) is 25.2 Å².